The Bertz CT molecular complexity index is 665. The van der Waals surface area contributed by atoms with E-state index in [4.69, 9.17) is 0 Å². The molecule has 0 aliphatic heterocycles. The van der Waals surface area contributed by atoms with Gasteiger partial charge in [0.2, 0.25) is 5.95 Å². The van der Waals surface area contributed by atoms with Gasteiger partial charge >= 0.3 is 0 Å². The Balaban J connectivity index is 1.98. The summed E-state index contributed by atoms with van der Waals surface area (Å²) in [4.78, 5) is 4.42. The topological polar surface area (TPSA) is 60.0 Å². The summed E-state index contributed by atoms with van der Waals surface area (Å²) < 4.78 is 3.48. The molecule has 0 saturated heterocycles. The van der Waals surface area contributed by atoms with Crippen molar-refractivity contribution < 1.29 is 0 Å². The molecule has 3 heterocycles. The highest BCUT2D eigenvalue weighted by Crippen LogP contribution is 2.14. The van der Waals surface area contributed by atoms with Crippen molar-refractivity contribution in [2.24, 2.45) is 7.05 Å². The molecule has 0 fully saturated rings. The van der Waals surface area contributed by atoms with Crippen LogP contribution in [0.15, 0.2) is 30.7 Å². The molecule has 6 nitrogen and oxygen atoms in total. The van der Waals surface area contributed by atoms with E-state index in [1.165, 1.54) is 0 Å². The van der Waals surface area contributed by atoms with E-state index in [0.29, 0.717) is 5.95 Å². The van der Waals surface area contributed by atoms with Gasteiger partial charge in [-0.05, 0) is 18.6 Å². The van der Waals surface area contributed by atoms with Gasteiger partial charge < -0.3 is 5.32 Å². The Labute approximate surface area is 97.9 Å². The van der Waals surface area contributed by atoms with Crippen LogP contribution in [0, 0.1) is 6.92 Å². The average molecular weight is 228 g/mol. The van der Waals surface area contributed by atoms with Gasteiger partial charge in [0, 0.05) is 19.4 Å². The van der Waals surface area contributed by atoms with Gasteiger partial charge in [0.1, 0.15) is 0 Å². The van der Waals surface area contributed by atoms with Gasteiger partial charge in [-0.2, -0.15) is 10.1 Å². The van der Waals surface area contributed by atoms with Crippen LogP contribution >= 0.6 is 0 Å². The van der Waals surface area contributed by atoms with Crippen LogP contribution in [-0.4, -0.2) is 24.4 Å². The van der Waals surface area contributed by atoms with Crippen LogP contribution in [0.2, 0.25) is 0 Å². The first kappa shape index (κ1) is 9.83. The maximum Gasteiger partial charge on any atom is 0.247 e. The number of hydrogen-bond donors (Lipinski definition) is 1. The highest BCUT2D eigenvalue weighted by molar-refractivity contribution is 5.55. The molecular formula is C11H12N6. The van der Waals surface area contributed by atoms with Gasteiger partial charge in [0.15, 0.2) is 5.65 Å². The van der Waals surface area contributed by atoms with Gasteiger partial charge in [0.05, 0.1) is 11.9 Å². The molecule has 6 heteroatoms. The Morgan fingerprint density at radius 1 is 1.35 bits per heavy atom. The number of pyridine rings is 1. The van der Waals surface area contributed by atoms with E-state index in [1.807, 2.05) is 38.5 Å². The molecule has 0 saturated carbocycles. The lowest BCUT2D eigenvalue weighted by Gasteiger charge is -1.93. The predicted octanol–water partition coefficient (Wildman–Crippen LogP) is 1.51. The molecule has 0 amide bonds. The lowest BCUT2D eigenvalue weighted by atomic mass is 10.3. The second-order valence-corrected chi connectivity index (χ2v) is 3.92. The van der Waals surface area contributed by atoms with Gasteiger partial charge in [-0.15, -0.1) is 5.10 Å². The Hall–Kier alpha value is -2.37. The molecule has 0 unspecified atom stereocenters. The van der Waals surface area contributed by atoms with Crippen molar-refractivity contribution in [3.05, 3.63) is 36.3 Å². The van der Waals surface area contributed by atoms with Crippen LogP contribution in [0.5, 0.6) is 0 Å². The molecular weight excluding hydrogens is 216 g/mol. The quantitative estimate of drug-likeness (QED) is 0.722. The second kappa shape index (κ2) is 3.58. The van der Waals surface area contributed by atoms with Crippen LogP contribution in [0.3, 0.4) is 0 Å². The lowest BCUT2D eigenvalue weighted by Crippen LogP contribution is -1.92. The average Bonchev–Trinajstić information content (AvgIpc) is 2.86. The molecule has 17 heavy (non-hydrogen) atoms. The number of fused-ring (bicyclic) bond motifs is 1. The van der Waals surface area contributed by atoms with Crippen LogP contribution in [-0.2, 0) is 7.05 Å². The summed E-state index contributed by atoms with van der Waals surface area (Å²) in [6.07, 6.45) is 5.49. The van der Waals surface area contributed by atoms with Crippen LogP contribution in [0.25, 0.3) is 5.65 Å². The van der Waals surface area contributed by atoms with E-state index >= 15 is 0 Å². The van der Waals surface area contributed by atoms with E-state index in [1.54, 1.807) is 15.4 Å². The van der Waals surface area contributed by atoms with E-state index < -0.39 is 0 Å². The summed E-state index contributed by atoms with van der Waals surface area (Å²) in [5.41, 5.74) is 2.83. The zero-order valence-corrected chi connectivity index (χ0v) is 9.62. The van der Waals surface area contributed by atoms with E-state index in [2.05, 4.69) is 20.5 Å². The smallest absolute Gasteiger partial charge is 0.247 e. The second-order valence-electron chi connectivity index (χ2n) is 3.92. The number of nitrogens with zero attached hydrogens (tertiary/aromatic N) is 5. The third-order valence-electron chi connectivity index (χ3n) is 2.52. The van der Waals surface area contributed by atoms with Crippen LogP contribution in [0.4, 0.5) is 11.6 Å². The van der Waals surface area contributed by atoms with Crippen molar-refractivity contribution >= 4 is 17.3 Å². The number of anilines is 2. The van der Waals surface area contributed by atoms with Gasteiger partial charge in [-0.1, -0.05) is 6.07 Å². The van der Waals surface area contributed by atoms with Crippen molar-refractivity contribution in [2.45, 2.75) is 6.92 Å². The van der Waals surface area contributed by atoms with Crippen molar-refractivity contribution in [3.63, 3.8) is 0 Å². The summed E-state index contributed by atoms with van der Waals surface area (Å²) >= 11 is 0. The Morgan fingerprint density at radius 2 is 2.24 bits per heavy atom. The maximum atomic E-state index is 4.42. The monoisotopic (exact) mass is 228 g/mol. The van der Waals surface area contributed by atoms with Crippen molar-refractivity contribution in [1.82, 2.24) is 24.4 Å². The lowest BCUT2D eigenvalue weighted by molar-refractivity contribution is 0.768. The van der Waals surface area contributed by atoms with Crippen molar-refractivity contribution in [1.29, 1.82) is 0 Å². The molecule has 0 radical (unpaired) electrons. The minimum absolute atomic E-state index is 0.576. The summed E-state index contributed by atoms with van der Waals surface area (Å²) in [6.45, 7) is 2.01. The first-order valence-corrected chi connectivity index (χ1v) is 5.30. The number of aromatic nitrogens is 5. The normalized spacial score (nSPS) is 10.9. The summed E-state index contributed by atoms with van der Waals surface area (Å²) in [7, 11) is 1.87. The highest BCUT2D eigenvalue weighted by Gasteiger charge is 2.06. The minimum atomic E-state index is 0.576. The summed E-state index contributed by atoms with van der Waals surface area (Å²) in [5.74, 6) is 0.576. The standard InChI is InChI=1S/C11H12N6/c1-8-4-3-5-17-10(8)14-11(15-17)13-9-6-12-16(2)7-9/h3-7H,1-2H3,(H,13,15). The molecule has 1 N–H and O–H groups in total. The number of hydrogen-bond acceptors (Lipinski definition) is 4. The molecule has 3 aromatic rings. The van der Waals surface area contributed by atoms with Crippen molar-refractivity contribution in [3.8, 4) is 0 Å². The molecule has 86 valence electrons. The summed E-state index contributed by atoms with van der Waals surface area (Å²) in [6, 6.07) is 3.96. The van der Waals surface area contributed by atoms with Crippen molar-refractivity contribution in [2.75, 3.05) is 5.32 Å². The highest BCUT2D eigenvalue weighted by atomic mass is 15.4. The van der Waals surface area contributed by atoms with Gasteiger partial charge in [-0.25, -0.2) is 4.52 Å². The van der Waals surface area contributed by atoms with Gasteiger partial charge in [0.25, 0.3) is 0 Å². The third-order valence-corrected chi connectivity index (χ3v) is 2.52. The van der Waals surface area contributed by atoms with E-state index in [9.17, 15) is 0 Å². The molecule has 0 aromatic carbocycles. The first-order chi connectivity index (χ1) is 8.22. The third kappa shape index (κ3) is 1.73. The molecule has 0 spiro atoms. The Morgan fingerprint density at radius 3 is 2.94 bits per heavy atom. The van der Waals surface area contributed by atoms with Crippen LogP contribution in [0.1, 0.15) is 5.56 Å². The van der Waals surface area contributed by atoms with E-state index in [0.717, 1.165) is 16.9 Å². The van der Waals surface area contributed by atoms with E-state index in [-0.39, 0.29) is 0 Å². The number of aryl methyl sites for hydroxylation is 2. The first-order valence-electron chi connectivity index (χ1n) is 5.30. The van der Waals surface area contributed by atoms with Crippen LogP contribution < -0.4 is 5.32 Å². The van der Waals surface area contributed by atoms with Gasteiger partial charge in [-0.3, -0.25) is 4.68 Å². The molecule has 3 rings (SSSR count). The molecule has 3 aromatic heterocycles. The fourth-order valence-corrected chi connectivity index (χ4v) is 1.71. The zero-order valence-electron chi connectivity index (χ0n) is 9.62. The largest absolute Gasteiger partial charge is 0.320 e. The summed E-state index contributed by atoms with van der Waals surface area (Å²) in [5, 5.41) is 11.5. The SMILES string of the molecule is Cc1cccn2nc(Nc3cnn(C)c3)nc12. The zero-order chi connectivity index (χ0) is 11.8. The fraction of sp³-hybridized carbons (Fsp3) is 0.182. The Kier molecular flexibility index (Phi) is 2.07. The molecule has 0 aliphatic carbocycles. The predicted molar refractivity (Wildman–Crippen MR) is 64.2 cm³/mol. The minimum Gasteiger partial charge on any atom is -0.320 e. The number of rotatable bonds is 2. The molecule has 0 atom stereocenters. The number of nitrogens with one attached hydrogen (secondary N) is 1. The maximum absolute atomic E-state index is 4.42. The molecule has 0 bridgehead atoms. The molecule has 0 aliphatic rings. The fourth-order valence-electron chi connectivity index (χ4n) is 1.71.